The number of fused-ring (bicyclic) bond motifs is 1. The maximum Gasteiger partial charge on any atom is 0.337 e. The van der Waals surface area contributed by atoms with Crippen molar-refractivity contribution in [3.05, 3.63) is 43.9 Å². The molecule has 1 N–H and O–H groups in total. The Morgan fingerprint density at radius 2 is 2.00 bits per heavy atom. The molecule has 0 atom stereocenters. The van der Waals surface area contributed by atoms with Crippen molar-refractivity contribution in [1.82, 2.24) is 0 Å². The Hall–Kier alpha value is -0.620. The van der Waals surface area contributed by atoms with Gasteiger partial charge in [-0.2, -0.15) is 0 Å². The highest BCUT2D eigenvalue weighted by Gasteiger charge is 2.15. The Morgan fingerprint density at radius 3 is 2.67 bits per heavy atom. The van der Waals surface area contributed by atoms with Crippen LogP contribution in [0.2, 0.25) is 0 Å². The first-order valence-electron chi connectivity index (χ1n) is 4.21. The molecule has 15 heavy (non-hydrogen) atoms. The molecule has 0 fully saturated rings. The third-order valence-electron chi connectivity index (χ3n) is 2.15. The Bertz CT molecular complexity index is 552. The zero-order valence-corrected chi connectivity index (χ0v) is 11.2. The van der Waals surface area contributed by atoms with E-state index in [-0.39, 0.29) is 0 Å². The number of hydrogen-bond acceptors (Lipinski definition) is 1. The zero-order chi connectivity index (χ0) is 11.0. The summed E-state index contributed by atoms with van der Waals surface area (Å²) in [4.78, 5) is 11.1. The summed E-state index contributed by atoms with van der Waals surface area (Å²) in [6, 6.07) is 9.58. The van der Waals surface area contributed by atoms with Gasteiger partial charge >= 0.3 is 5.97 Å². The van der Waals surface area contributed by atoms with Gasteiger partial charge < -0.3 is 5.11 Å². The van der Waals surface area contributed by atoms with Crippen molar-refractivity contribution in [2.24, 2.45) is 0 Å². The maximum atomic E-state index is 11.1. The van der Waals surface area contributed by atoms with Crippen LogP contribution < -0.4 is 0 Å². The fourth-order valence-electron chi connectivity index (χ4n) is 1.47. The van der Waals surface area contributed by atoms with Gasteiger partial charge in [0, 0.05) is 8.04 Å². The van der Waals surface area contributed by atoms with Crippen molar-refractivity contribution in [2.45, 2.75) is 0 Å². The van der Waals surface area contributed by atoms with Gasteiger partial charge in [0.15, 0.2) is 0 Å². The molecule has 0 aliphatic rings. The molecule has 2 rings (SSSR count). The second-order valence-electron chi connectivity index (χ2n) is 3.07. The molecule has 0 radical (unpaired) electrons. The van der Waals surface area contributed by atoms with E-state index < -0.39 is 5.97 Å². The minimum atomic E-state index is -0.906. The third-order valence-corrected chi connectivity index (χ3v) is 3.83. The number of aromatic carboxylic acids is 1. The molecule has 2 nitrogen and oxygen atoms in total. The second kappa shape index (κ2) is 4.09. The van der Waals surface area contributed by atoms with Crippen LogP contribution in [0, 0.1) is 3.57 Å². The lowest BCUT2D eigenvalue weighted by molar-refractivity contribution is 0.0695. The van der Waals surface area contributed by atoms with Crippen LogP contribution in [0.1, 0.15) is 10.4 Å². The topological polar surface area (TPSA) is 37.3 Å². The average molecular weight is 377 g/mol. The van der Waals surface area contributed by atoms with Gasteiger partial charge in [0.1, 0.15) is 0 Å². The predicted molar refractivity (Wildman–Crippen MR) is 71.3 cm³/mol. The first-order chi connectivity index (χ1) is 7.11. The number of halogens is 2. The molecule has 0 saturated heterocycles. The lowest BCUT2D eigenvalue weighted by atomic mass is 10.1. The van der Waals surface area contributed by atoms with E-state index in [0.717, 1.165) is 14.3 Å². The molecule has 0 aliphatic carbocycles. The van der Waals surface area contributed by atoms with E-state index in [1.165, 1.54) is 0 Å². The fraction of sp³-hybridized carbons (Fsp3) is 0. The SMILES string of the molecule is O=C(O)c1c(I)cc2ccccc2c1Br. The molecule has 2 aromatic carbocycles. The molecule has 76 valence electrons. The smallest absolute Gasteiger partial charge is 0.337 e. The minimum Gasteiger partial charge on any atom is -0.478 e. The first-order valence-corrected chi connectivity index (χ1v) is 6.08. The minimum absolute atomic E-state index is 0.328. The number of carboxylic acids is 1. The fourth-order valence-corrected chi connectivity index (χ4v) is 3.42. The van der Waals surface area contributed by atoms with Crippen LogP contribution in [0.5, 0.6) is 0 Å². The standard InChI is InChI=1S/C11H6BrIO2/c12-10-7-4-2-1-3-6(7)5-8(13)9(10)11(14)15/h1-5H,(H,14,15). The summed E-state index contributed by atoms with van der Waals surface area (Å²) < 4.78 is 1.39. The van der Waals surface area contributed by atoms with Crippen LogP contribution in [0.25, 0.3) is 10.8 Å². The Labute approximate surface area is 109 Å². The van der Waals surface area contributed by atoms with Crippen LogP contribution in [0.3, 0.4) is 0 Å². The highest BCUT2D eigenvalue weighted by Crippen LogP contribution is 2.31. The molecular weight excluding hydrogens is 371 g/mol. The van der Waals surface area contributed by atoms with E-state index in [1.54, 1.807) is 0 Å². The molecule has 0 aromatic heterocycles. The second-order valence-corrected chi connectivity index (χ2v) is 5.03. The number of carbonyl (C=O) groups is 1. The first kappa shape index (κ1) is 10.9. The molecule has 0 spiro atoms. The number of benzene rings is 2. The van der Waals surface area contributed by atoms with Crippen LogP contribution in [0.15, 0.2) is 34.8 Å². The highest BCUT2D eigenvalue weighted by molar-refractivity contribution is 14.1. The van der Waals surface area contributed by atoms with Gasteiger partial charge in [0.2, 0.25) is 0 Å². The van der Waals surface area contributed by atoms with Crippen LogP contribution in [-0.4, -0.2) is 11.1 Å². The lowest BCUT2D eigenvalue weighted by Crippen LogP contribution is -2.01. The highest BCUT2D eigenvalue weighted by atomic mass is 127. The molecule has 0 amide bonds. The Balaban J connectivity index is 2.90. The Morgan fingerprint density at radius 1 is 1.33 bits per heavy atom. The van der Waals surface area contributed by atoms with Gasteiger partial charge in [-0.3, -0.25) is 0 Å². The van der Waals surface area contributed by atoms with Crippen molar-refractivity contribution in [1.29, 1.82) is 0 Å². The van der Waals surface area contributed by atoms with Gasteiger partial charge in [-0.1, -0.05) is 24.3 Å². The van der Waals surface area contributed by atoms with E-state index in [2.05, 4.69) is 15.9 Å². The van der Waals surface area contributed by atoms with Crippen molar-refractivity contribution >= 4 is 55.3 Å². The van der Waals surface area contributed by atoms with Crippen molar-refractivity contribution in [3.63, 3.8) is 0 Å². The molecule has 0 saturated carbocycles. The average Bonchev–Trinajstić information content (AvgIpc) is 2.17. The number of rotatable bonds is 1. The monoisotopic (exact) mass is 376 g/mol. The van der Waals surface area contributed by atoms with Gasteiger partial charge in [0.25, 0.3) is 0 Å². The normalized spacial score (nSPS) is 10.5. The summed E-state index contributed by atoms with van der Waals surface area (Å²) in [6.45, 7) is 0. The molecule has 0 bridgehead atoms. The van der Waals surface area contributed by atoms with Crippen LogP contribution >= 0.6 is 38.5 Å². The zero-order valence-electron chi connectivity index (χ0n) is 7.50. The molecular formula is C11H6BrIO2. The summed E-state index contributed by atoms with van der Waals surface area (Å²) in [5.74, 6) is -0.906. The summed E-state index contributed by atoms with van der Waals surface area (Å²) in [5.41, 5.74) is 0.328. The van der Waals surface area contributed by atoms with Gasteiger partial charge in [-0.25, -0.2) is 4.79 Å². The molecule has 4 heteroatoms. The summed E-state index contributed by atoms with van der Waals surface area (Å²) in [5, 5.41) is 11.0. The molecule has 0 unspecified atom stereocenters. The molecule has 0 aliphatic heterocycles. The predicted octanol–water partition coefficient (Wildman–Crippen LogP) is 3.91. The van der Waals surface area contributed by atoms with Crippen LogP contribution in [-0.2, 0) is 0 Å². The van der Waals surface area contributed by atoms with Gasteiger partial charge in [-0.05, 0) is 55.4 Å². The van der Waals surface area contributed by atoms with Gasteiger partial charge in [-0.15, -0.1) is 0 Å². The summed E-state index contributed by atoms with van der Waals surface area (Å²) in [6.07, 6.45) is 0. The van der Waals surface area contributed by atoms with Gasteiger partial charge in [0.05, 0.1) is 5.56 Å². The third kappa shape index (κ3) is 1.88. The summed E-state index contributed by atoms with van der Waals surface area (Å²) >= 11 is 5.39. The van der Waals surface area contributed by atoms with Crippen LogP contribution in [0.4, 0.5) is 0 Å². The summed E-state index contributed by atoms with van der Waals surface area (Å²) in [7, 11) is 0. The quantitative estimate of drug-likeness (QED) is 0.766. The number of carboxylic acid groups (broad SMARTS) is 1. The lowest BCUT2D eigenvalue weighted by Gasteiger charge is -2.06. The van der Waals surface area contributed by atoms with E-state index >= 15 is 0 Å². The largest absolute Gasteiger partial charge is 0.478 e. The van der Waals surface area contributed by atoms with E-state index in [9.17, 15) is 4.79 Å². The van der Waals surface area contributed by atoms with Crippen molar-refractivity contribution in [3.8, 4) is 0 Å². The molecule has 2 aromatic rings. The number of hydrogen-bond donors (Lipinski definition) is 1. The van der Waals surface area contributed by atoms with E-state index in [4.69, 9.17) is 5.11 Å². The molecule has 0 heterocycles. The maximum absolute atomic E-state index is 11.1. The van der Waals surface area contributed by atoms with Crippen molar-refractivity contribution < 1.29 is 9.90 Å². The van der Waals surface area contributed by atoms with Crippen molar-refractivity contribution in [2.75, 3.05) is 0 Å². The Kier molecular flexibility index (Phi) is 2.97. The van der Waals surface area contributed by atoms with E-state index in [0.29, 0.717) is 10.0 Å². The van der Waals surface area contributed by atoms with E-state index in [1.807, 2.05) is 52.9 Å².